The van der Waals surface area contributed by atoms with E-state index in [1.807, 2.05) is 18.2 Å². The predicted octanol–water partition coefficient (Wildman–Crippen LogP) is 2.65. The first-order chi connectivity index (χ1) is 10.9. The van der Waals surface area contributed by atoms with Crippen LogP contribution in [0.5, 0.6) is 0 Å². The number of furan rings is 1. The maximum Gasteiger partial charge on any atom is 0.224 e. The first-order valence-electron chi connectivity index (χ1n) is 7.26. The van der Waals surface area contributed by atoms with Crippen LogP contribution < -0.4 is 5.32 Å². The van der Waals surface area contributed by atoms with Gasteiger partial charge >= 0.3 is 0 Å². The first kappa shape index (κ1) is 16.1. The fourth-order valence-corrected chi connectivity index (χ4v) is 4.43. The number of hydrogen-bond donors (Lipinski definition) is 1. The average molecular weight is 354 g/mol. The van der Waals surface area contributed by atoms with Crippen molar-refractivity contribution >= 4 is 27.3 Å². The highest BCUT2D eigenvalue weighted by Crippen LogP contribution is 2.24. The summed E-state index contributed by atoms with van der Waals surface area (Å²) in [4.78, 5) is 12.0. The van der Waals surface area contributed by atoms with Gasteiger partial charge in [-0.2, -0.15) is 0 Å². The average Bonchev–Trinajstić information content (AvgIpc) is 3.12. The van der Waals surface area contributed by atoms with Gasteiger partial charge in [0.15, 0.2) is 9.84 Å². The van der Waals surface area contributed by atoms with Crippen molar-refractivity contribution < 1.29 is 17.6 Å². The fraction of sp³-hybridized carbons (Fsp3) is 0.312. The van der Waals surface area contributed by atoms with Crippen molar-refractivity contribution in [2.75, 3.05) is 11.5 Å². The van der Waals surface area contributed by atoms with E-state index in [0.29, 0.717) is 23.0 Å². The third kappa shape index (κ3) is 3.95. The maximum absolute atomic E-state index is 12.0. The van der Waals surface area contributed by atoms with E-state index in [-0.39, 0.29) is 24.0 Å². The molecule has 1 N–H and O–H groups in total. The summed E-state index contributed by atoms with van der Waals surface area (Å²) >= 11 is 5.85. The molecule has 1 aromatic heterocycles. The highest BCUT2D eigenvalue weighted by atomic mass is 35.5. The molecule has 0 unspecified atom stereocenters. The van der Waals surface area contributed by atoms with Gasteiger partial charge in [-0.3, -0.25) is 4.79 Å². The second kappa shape index (κ2) is 6.37. The van der Waals surface area contributed by atoms with E-state index in [4.69, 9.17) is 16.0 Å². The Morgan fingerprint density at radius 3 is 2.61 bits per heavy atom. The molecular formula is C16H16ClNO4S. The third-order valence-electron chi connectivity index (χ3n) is 3.83. The quantitative estimate of drug-likeness (QED) is 0.916. The molecule has 2 aromatic rings. The molecule has 23 heavy (non-hydrogen) atoms. The molecule has 0 bridgehead atoms. The van der Waals surface area contributed by atoms with Crippen LogP contribution in [0.25, 0.3) is 11.3 Å². The monoisotopic (exact) mass is 353 g/mol. The van der Waals surface area contributed by atoms with Gasteiger partial charge in [0.2, 0.25) is 5.91 Å². The normalized spacial score (nSPS) is 19.6. The Labute approximate surface area is 139 Å². The Morgan fingerprint density at radius 1 is 1.22 bits per heavy atom. The second-order valence-electron chi connectivity index (χ2n) is 5.59. The summed E-state index contributed by atoms with van der Waals surface area (Å²) in [6, 6.07) is 10.9. The van der Waals surface area contributed by atoms with Gasteiger partial charge in [0.05, 0.1) is 24.0 Å². The molecule has 1 aliphatic rings. The molecular weight excluding hydrogens is 338 g/mol. The van der Waals surface area contributed by atoms with Crippen LogP contribution in [0.2, 0.25) is 5.02 Å². The molecule has 7 heteroatoms. The fourth-order valence-electron chi connectivity index (χ4n) is 2.56. The Balaban J connectivity index is 1.59. The van der Waals surface area contributed by atoms with Crippen LogP contribution in [-0.2, 0) is 21.2 Å². The molecule has 1 aliphatic heterocycles. The molecule has 0 aliphatic carbocycles. The Morgan fingerprint density at radius 2 is 1.96 bits per heavy atom. The van der Waals surface area contributed by atoms with Crippen molar-refractivity contribution in [3.05, 3.63) is 47.2 Å². The van der Waals surface area contributed by atoms with Crippen LogP contribution in [0, 0.1) is 5.92 Å². The largest absolute Gasteiger partial charge is 0.459 e. The number of nitrogens with one attached hydrogen (secondary N) is 1. The molecule has 1 atom stereocenters. The van der Waals surface area contributed by atoms with Crippen molar-refractivity contribution in [3.8, 4) is 11.3 Å². The highest BCUT2D eigenvalue weighted by Gasteiger charge is 2.32. The van der Waals surface area contributed by atoms with Gasteiger partial charge in [-0.05, 0) is 42.8 Å². The highest BCUT2D eigenvalue weighted by molar-refractivity contribution is 7.91. The van der Waals surface area contributed by atoms with E-state index >= 15 is 0 Å². The summed E-state index contributed by atoms with van der Waals surface area (Å²) in [5, 5.41) is 3.39. The van der Waals surface area contributed by atoms with Crippen LogP contribution in [0.1, 0.15) is 12.2 Å². The lowest BCUT2D eigenvalue weighted by Gasteiger charge is -2.07. The molecule has 1 fully saturated rings. The van der Waals surface area contributed by atoms with Crippen LogP contribution in [0.15, 0.2) is 40.8 Å². The van der Waals surface area contributed by atoms with E-state index in [9.17, 15) is 13.2 Å². The summed E-state index contributed by atoms with van der Waals surface area (Å²) in [5.74, 6) is 0.638. The number of carbonyl (C=O) groups excluding carboxylic acids is 1. The summed E-state index contributed by atoms with van der Waals surface area (Å²) in [6.45, 7) is 0.239. The SMILES string of the molecule is O=C(NCc1ccc(-c2ccc(Cl)cc2)o1)[C@H]1CCS(=O)(=O)C1. The zero-order valence-corrected chi connectivity index (χ0v) is 13.9. The molecule has 1 amide bonds. The van der Waals surface area contributed by atoms with Gasteiger partial charge in [-0.25, -0.2) is 8.42 Å². The summed E-state index contributed by atoms with van der Waals surface area (Å²) in [5.41, 5.74) is 0.897. The maximum atomic E-state index is 12.0. The van der Waals surface area contributed by atoms with Gasteiger partial charge < -0.3 is 9.73 Å². The van der Waals surface area contributed by atoms with Crippen LogP contribution in [0.4, 0.5) is 0 Å². The van der Waals surface area contributed by atoms with E-state index < -0.39 is 15.8 Å². The minimum Gasteiger partial charge on any atom is -0.459 e. The molecule has 0 saturated carbocycles. The van der Waals surface area contributed by atoms with Crippen LogP contribution >= 0.6 is 11.6 Å². The van der Waals surface area contributed by atoms with Crippen molar-refractivity contribution in [1.82, 2.24) is 5.32 Å². The van der Waals surface area contributed by atoms with E-state index in [1.165, 1.54) is 0 Å². The number of benzene rings is 1. The van der Waals surface area contributed by atoms with Gasteiger partial charge in [0.25, 0.3) is 0 Å². The molecule has 2 heterocycles. The van der Waals surface area contributed by atoms with Crippen molar-refractivity contribution in [2.45, 2.75) is 13.0 Å². The minimum absolute atomic E-state index is 0.0625. The molecule has 122 valence electrons. The number of hydrogen-bond acceptors (Lipinski definition) is 4. The Bertz CT molecular complexity index is 811. The van der Waals surface area contributed by atoms with Crippen LogP contribution in [0.3, 0.4) is 0 Å². The Kier molecular flexibility index (Phi) is 4.46. The van der Waals surface area contributed by atoms with Gasteiger partial charge in [-0.15, -0.1) is 0 Å². The zero-order chi connectivity index (χ0) is 16.4. The number of sulfone groups is 1. The summed E-state index contributed by atoms with van der Waals surface area (Å²) < 4.78 is 28.5. The van der Waals surface area contributed by atoms with E-state index in [0.717, 1.165) is 5.56 Å². The smallest absolute Gasteiger partial charge is 0.224 e. The molecule has 1 aromatic carbocycles. The molecule has 0 radical (unpaired) electrons. The molecule has 0 spiro atoms. The zero-order valence-electron chi connectivity index (χ0n) is 12.3. The second-order valence-corrected chi connectivity index (χ2v) is 8.26. The predicted molar refractivity (Wildman–Crippen MR) is 87.8 cm³/mol. The van der Waals surface area contributed by atoms with Crippen molar-refractivity contribution in [2.24, 2.45) is 5.92 Å². The Hall–Kier alpha value is -1.79. The van der Waals surface area contributed by atoms with E-state index in [1.54, 1.807) is 18.2 Å². The minimum atomic E-state index is -3.05. The van der Waals surface area contributed by atoms with Crippen LogP contribution in [-0.4, -0.2) is 25.8 Å². The standard InChI is InChI=1S/C16H16ClNO4S/c17-13-3-1-11(2-4-13)15-6-5-14(22-15)9-18-16(19)12-7-8-23(20,21)10-12/h1-6,12H,7-10H2,(H,18,19)/t12-/m0/s1. The lowest BCUT2D eigenvalue weighted by Crippen LogP contribution is -2.30. The summed E-state index contributed by atoms with van der Waals surface area (Å²) in [6.07, 6.45) is 0.391. The summed E-state index contributed by atoms with van der Waals surface area (Å²) in [7, 11) is -3.05. The molecule has 3 rings (SSSR count). The van der Waals surface area contributed by atoms with Crippen molar-refractivity contribution in [3.63, 3.8) is 0 Å². The number of amides is 1. The number of rotatable bonds is 4. The van der Waals surface area contributed by atoms with Crippen molar-refractivity contribution in [1.29, 1.82) is 0 Å². The van der Waals surface area contributed by atoms with Gasteiger partial charge in [0, 0.05) is 10.6 Å². The lowest BCUT2D eigenvalue weighted by atomic mass is 10.1. The number of carbonyl (C=O) groups is 1. The van der Waals surface area contributed by atoms with Gasteiger partial charge in [0.1, 0.15) is 11.5 Å². The first-order valence-corrected chi connectivity index (χ1v) is 9.46. The van der Waals surface area contributed by atoms with Gasteiger partial charge in [-0.1, -0.05) is 11.6 Å². The lowest BCUT2D eigenvalue weighted by molar-refractivity contribution is -0.124. The third-order valence-corrected chi connectivity index (χ3v) is 5.85. The van der Waals surface area contributed by atoms with E-state index in [2.05, 4.69) is 5.32 Å². The topological polar surface area (TPSA) is 76.4 Å². The molecule has 5 nitrogen and oxygen atoms in total. The molecule has 1 saturated heterocycles. The number of halogens is 1.